The minimum Gasteiger partial charge on any atom is -0.473 e. The van der Waals surface area contributed by atoms with Crippen LogP contribution in [0.3, 0.4) is 0 Å². The zero-order valence-corrected chi connectivity index (χ0v) is 7.96. The van der Waals surface area contributed by atoms with Crippen molar-refractivity contribution in [2.75, 3.05) is 6.61 Å². The molecule has 0 amide bonds. The van der Waals surface area contributed by atoms with Crippen molar-refractivity contribution in [1.82, 2.24) is 0 Å². The maximum Gasteiger partial charge on any atom is 0.213 e. The minimum absolute atomic E-state index is 0.287. The molecule has 1 aromatic carbocycles. The number of hydrogen-bond acceptors (Lipinski definition) is 3. The molecule has 2 aliphatic rings. The highest BCUT2D eigenvalue weighted by molar-refractivity contribution is 5.95. The Morgan fingerprint density at radius 3 is 2.93 bits per heavy atom. The van der Waals surface area contributed by atoms with E-state index in [1.165, 1.54) is 11.1 Å². The molecule has 0 aliphatic carbocycles. The first-order chi connectivity index (χ1) is 6.77. The van der Waals surface area contributed by atoms with Crippen LogP contribution < -0.4 is 0 Å². The van der Waals surface area contributed by atoms with Crippen molar-refractivity contribution in [2.45, 2.75) is 19.6 Å². The lowest BCUT2D eigenvalue weighted by Gasteiger charge is -2.05. The zero-order chi connectivity index (χ0) is 9.71. The number of fused-ring (bicyclic) bond motifs is 1. The molecule has 1 N–H and O–H groups in total. The molecule has 0 radical (unpaired) electrons. The minimum atomic E-state index is 0.287. The van der Waals surface area contributed by atoms with Crippen molar-refractivity contribution in [3.63, 3.8) is 0 Å². The molecule has 3 rings (SSSR count). The third kappa shape index (κ3) is 0.990. The molecule has 0 spiro atoms. The summed E-state index contributed by atoms with van der Waals surface area (Å²) in [6.45, 7) is 3.45. The second-order valence-corrected chi connectivity index (χ2v) is 3.75. The van der Waals surface area contributed by atoms with Crippen LogP contribution in [-0.2, 0) is 16.1 Å². The van der Waals surface area contributed by atoms with Crippen LogP contribution in [0.25, 0.3) is 0 Å². The van der Waals surface area contributed by atoms with Crippen LogP contribution in [-0.4, -0.2) is 12.5 Å². The standard InChI is InChI=1S/C11H11NO2/c1-6-7(10-5-13-10)2-3-8-9(6)4-14-11(8)12/h2-3,10,12H,4-5H2,1H3/t10-/m1/s1. The number of ether oxygens (including phenoxy) is 2. The first-order valence-corrected chi connectivity index (χ1v) is 4.73. The smallest absolute Gasteiger partial charge is 0.213 e. The SMILES string of the molecule is Cc1c([C@H]2CO2)ccc2c1COC2=N. The second kappa shape index (κ2) is 2.58. The van der Waals surface area contributed by atoms with Gasteiger partial charge in [-0.1, -0.05) is 6.07 Å². The number of rotatable bonds is 1. The fourth-order valence-corrected chi connectivity index (χ4v) is 1.97. The Bertz CT molecular complexity index is 422. The molecule has 1 atom stereocenters. The first-order valence-electron chi connectivity index (χ1n) is 4.73. The van der Waals surface area contributed by atoms with Crippen LogP contribution in [0.2, 0.25) is 0 Å². The van der Waals surface area contributed by atoms with Gasteiger partial charge in [0.2, 0.25) is 5.90 Å². The van der Waals surface area contributed by atoms with Crippen molar-refractivity contribution in [2.24, 2.45) is 0 Å². The topological polar surface area (TPSA) is 45.6 Å². The summed E-state index contributed by atoms with van der Waals surface area (Å²) in [6.07, 6.45) is 0.287. The van der Waals surface area contributed by atoms with Crippen molar-refractivity contribution in [3.05, 3.63) is 34.4 Å². The van der Waals surface area contributed by atoms with E-state index in [4.69, 9.17) is 14.9 Å². The molecule has 1 aromatic rings. The number of epoxide rings is 1. The van der Waals surface area contributed by atoms with Crippen LogP contribution in [0.4, 0.5) is 0 Å². The van der Waals surface area contributed by atoms with Gasteiger partial charge in [-0.15, -0.1) is 0 Å². The molecule has 1 saturated heterocycles. The molecule has 3 nitrogen and oxygen atoms in total. The molecule has 2 heterocycles. The molecular formula is C11H11NO2. The maximum atomic E-state index is 7.57. The Morgan fingerprint density at radius 1 is 1.43 bits per heavy atom. The van der Waals surface area contributed by atoms with E-state index in [1.807, 2.05) is 6.07 Å². The van der Waals surface area contributed by atoms with E-state index < -0.39 is 0 Å². The lowest BCUT2D eigenvalue weighted by Crippen LogP contribution is -1.97. The van der Waals surface area contributed by atoms with E-state index in [9.17, 15) is 0 Å². The molecule has 72 valence electrons. The Morgan fingerprint density at radius 2 is 2.21 bits per heavy atom. The Kier molecular flexibility index (Phi) is 1.47. The van der Waals surface area contributed by atoms with Gasteiger partial charge in [0.15, 0.2) is 0 Å². The number of nitrogens with one attached hydrogen (secondary N) is 1. The van der Waals surface area contributed by atoms with Crippen LogP contribution in [0, 0.1) is 12.3 Å². The third-order valence-electron chi connectivity index (χ3n) is 2.93. The van der Waals surface area contributed by atoms with Crippen LogP contribution in [0.5, 0.6) is 0 Å². The summed E-state index contributed by atoms with van der Waals surface area (Å²) in [5, 5.41) is 7.57. The van der Waals surface area contributed by atoms with Crippen molar-refractivity contribution in [1.29, 1.82) is 5.41 Å². The van der Waals surface area contributed by atoms with Crippen molar-refractivity contribution >= 4 is 5.90 Å². The zero-order valence-electron chi connectivity index (χ0n) is 7.96. The van der Waals surface area contributed by atoms with Gasteiger partial charge in [-0.05, 0) is 24.1 Å². The van der Waals surface area contributed by atoms with Gasteiger partial charge < -0.3 is 9.47 Å². The molecule has 14 heavy (non-hydrogen) atoms. The summed E-state index contributed by atoms with van der Waals surface area (Å²) in [5.41, 5.74) is 4.57. The van der Waals surface area contributed by atoms with Gasteiger partial charge in [-0.25, -0.2) is 0 Å². The quantitative estimate of drug-likeness (QED) is 0.686. The van der Waals surface area contributed by atoms with Crippen LogP contribution >= 0.6 is 0 Å². The van der Waals surface area contributed by atoms with E-state index >= 15 is 0 Å². The summed E-state index contributed by atoms with van der Waals surface area (Å²) in [4.78, 5) is 0. The summed E-state index contributed by atoms with van der Waals surface area (Å²) >= 11 is 0. The number of benzene rings is 1. The summed E-state index contributed by atoms with van der Waals surface area (Å²) in [7, 11) is 0. The fraction of sp³-hybridized carbons (Fsp3) is 0.364. The molecule has 2 aliphatic heterocycles. The van der Waals surface area contributed by atoms with Crippen molar-refractivity contribution in [3.8, 4) is 0 Å². The molecule has 0 unspecified atom stereocenters. The van der Waals surface area contributed by atoms with Gasteiger partial charge in [0.1, 0.15) is 12.7 Å². The van der Waals surface area contributed by atoms with Crippen LogP contribution in [0.1, 0.15) is 28.4 Å². The lowest BCUT2D eigenvalue weighted by molar-refractivity contribution is 0.309. The largest absolute Gasteiger partial charge is 0.473 e. The van der Waals surface area contributed by atoms with Gasteiger partial charge in [0.05, 0.1) is 6.61 Å². The Labute approximate surface area is 82.2 Å². The maximum absolute atomic E-state index is 7.57. The summed E-state index contributed by atoms with van der Waals surface area (Å²) in [6, 6.07) is 4.02. The molecule has 0 saturated carbocycles. The average molecular weight is 189 g/mol. The highest BCUT2D eigenvalue weighted by atomic mass is 16.6. The van der Waals surface area contributed by atoms with Crippen molar-refractivity contribution < 1.29 is 9.47 Å². The number of hydrogen-bond donors (Lipinski definition) is 1. The van der Waals surface area contributed by atoms with Gasteiger partial charge in [-0.2, -0.15) is 0 Å². The van der Waals surface area contributed by atoms with E-state index in [1.54, 1.807) is 0 Å². The molecule has 0 aromatic heterocycles. The molecule has 3 heteroatoms. The monoisotopic (exact) mass is 189 g/mol. The van der Waals surface area contributed by atoms with E-state index in [-0.39, 0.29) is 6.10 Å². The molecule has 0 bridgehead atoms. The first kappa shape index (κ1) is 8.00. The van der Waals surface area contributed by atoms with Gasteiger partial charge in [0, 0.05) is 11.1 Å². The fourth-order valence-electron chi connectivity index (χ4n) is 1.97. The highest BCUT2D eigenvalue weighted by Crippen LogP contribution is 2.36. The summed E-state index contributed by atoms with van der Waals surface area (Å²) < 4.78 is 10.5. The second-order valence-electron chi connectivity index (χ2n) is 3.75. The highest BCUT2D eigenvalue weighted by Gasteiger charge is 2.30. The van der Waals surface area contributed by atoms with Gasteiger partial charge in [0.25, 0.3) is 0 Å². The van der Waals surface area contributed by atoms with E-state index in [0.29, 0.717) is 12.5 Å². The van der Waals surface area contributed by atoms with E-state index in [2.05, 4.69) is 13.0 Å². The summed E-state index contributed by atoms with van der Waals surface area (Å²) in [5.74, 6) is 0.298. The molecular weight excluding hydrogens is 178 g/mol. The Hall–Kier alpha value is -1.35. The average Bonchev–Trinajstić information content (AvgIpc) is 2.93. The third-order valence-corrected chi connectivity index (χ3v) is 2.93. The molecule has 1 fully saturated rings. The van der Waals surface area contributed by atoms with Gasteiger partial charge in [-0.3, -0.25) is 5.41 Å². The van der Waals surface area contributed by atoms with Gasteiger partial charge >= 0.3 is 0 Å². The lowest BCUT2D eigenvalue weighted by atomic mass is 9.97. The predicted octanol–water partition coefficient (Wildman–Crippen LogP) is 1.92. The van der Waals surface area contributed by atoms with E-state index in [0.717, 1.165) is 17.7 Å². The predicted molar refractivity (Wildman–Crippen MR) is 51.5 cm³/mol. The van der Waals surface area contributed by atoms with Crippen LogP contribution in [0.15, 0.2) is 12.1 Å². The Balaban J connectivity index is 2.16. The normalized spacial score (nSPS) is 23.2.